The zero-order valence-corrected chi connectivity index (χ0v) is 16.4. The van der Waals surface area contributed by atoms with Gasteiger partial charge in [0.25, 0.3) is 11.6 Å². The molecule has 0 aromatic heterocycles. The minimum atomic E-state index is -4.99. The number of rotatable bonds is 6. The van der Waals surface area contributed by atoms with Crippen LogP contribution in [0.1, 0.15) is 12.5 Å². The van der Waals surface area contributed by atoms with Crippen LogP contribution in [0.5, 0.6) is 5.75 Å². The van der Waals surface area contributed by atoms with E-state index in [1.807, 2.05) is 0 Å². The van der Waals surface area contributed by atoms with Crippen molar-refractivity contribution in [2.75, 3.05) is 11.9 Å². The third kappa shape index (κ3) is 5.55. The highest BCUT2D eigenvalue weighted by Crippen LogP contribution is 2.37. The van der Waals surface area contributed by atoms with Crippen molar-refractivity contribution >= 4 is 39.9 Å². The van der Waals surface area contributed by atoms with Crippen LogP contribution in [0, 0.1) is 13.7 Å². The summed E-state index contributed by atoms with van der Waals surface area (Å²) in [5.41, 5.74) is -5.06. The van der Waals surface area contributed by atoms with E-state index < -0.39 is 40.5 Å². The minimum Gasteiger partial charge on any atom is -0.490 e. The van der Waals surface area contributed by atoms with Crippen LogP contribution >= 0.6 is 22.6 Å². The quantitative estimate of drug-likeness (QED) is 0.351. The molecule has 11 heteroatoms. The standard InChI is InChI=1S/C17H14F3IN2O5/c1-16(25,9-28-12-5-2-10(21)3-6-12)15(24)22-11-4-7-14(23(26)27)13(8-11)17(18,19)20/h2-8,25H,9H2,1H3,(H,22,24)/t16-/m0/s1/i21-4. The Bertz CT molecular complexity index is 885. The number of carbonyl (C=O) groups excluding carboxylic acids is 1. The van der Waals surface area contributed by atoms with Crippen molar-refractivity contribution in [2.45, 2.75) is 18.7 Å². The molecule has 0 radical (unpaired) electrons. The van der Waals surface area contributed by atoms with E-state index in [4.69, 9.17) is 4.74 Å². The molecule has 0 bridgehead atoms. The smallest absolute Gasteiger partial charge is 0.423 e. The predicted molar refractivity (Wildman–Crippen MR) is 102 cm³/mol. The van der Waals surface area contributed by atoms with Crippen LogP contribution in [0.25, 0.3) is 0 Å². The fourth-order valence-corrected chi connectivity index (χ4v) is 2.45. The number of halogens is 4. The fraction of sp³-hybridized carbons (Fsp3) is 0.235. The lowest BCUT2D eigenvalue weighted by molar-refractivity contribution is -0.388. The van der Waals surface area contributed by atoms with Crippen LogP contribution < -0.4 is 10.1 Å². The van der Waals surface area contributed by atoms with Crippen molar-refractivity contribution in [2.24, 2.45) is 0 Å². The first-order valence-corrected chi connectivity index (χ1v) is 8.76. The average molecular weight is 506 g/mol. The van der Waals surface area contributed by atoms with Crippen LogP contribution in [-0.2, 0) is 11.0 Å². The molecule has 2 N–H and O–H groups in total. The second kappa shape index (κ2) is 8.31. The monoisotopic (exact) mass is 506 g/mol. The Hall–Kier alpha value is -2.41. The molecule has 28 heavy (non-hydrogen) atoms. The zero-order chi connectivity index (χ0) is 21.1. The molecule has 0 aliphatic carbocycles. The summed E-state index contributed by atoms with van der Waals surface area (Å²) in [4.78, 5) is 21.8. The SMILES string of the molecule is C[C@](O)(COc1ccc([123I])cc1)C(=O)Nc1ccc([N+](=O)[O-])c(C(F)(F)F)c1. The lowest BCUT2D eigenvalue weighted by Gasteiger charge is -2.23. The van der Waals surface area contributed by atoms with Crippen molar-refractivity contribution < 1.29 is 32.7 Å². The summed E-state index contributed by atoms with van der Waals surface area (Å²) in [6.45, 7) is 0.670. The summed E-state index contributed by atoms with van der Waals surface area (Å²) >= 11 is 2.09. The van der Waals surface area contributed by atoms with Crippen LogP contribution in [-0.4, -0.2) is 28.1 Å². The Kier molecular flexibility index (Phi) is 6.49. The number of aliphatic hydroxyl groups is 1. The van der Waals surface area contributed by atoms with Gasteiger partial charge in [-0.2, -0.15) is 13.2 Å². The molecule has 2 aromatic carbocycles. The average Bonchev–Trinajstić information content (AvgIpc) is 2.60. The summed E-state index contributed by atoms with van der Waals surface area (Å²) in [6, 6.07) is 8.77. The van der Waals surface area contributed by atoms with E-state index in [-0.39, 0.29) is 5.69 Å². The molecule has 7 nitrogen and oxygen atoms in total. The number of nitro groups is 1. The van der Waals surface area contributed by atoms with Crippen molar-refractivity contribution in [3.05, 3.63) is 61.7 Å². The number of nitrogens with one attached hydrogen (secondary N) is 1. The first-order chi connectivity index (χ1) is 12.9. The number of carbonyl (C=O) groups is 1. The Balaban J connectivity index is 2.14. The van der Waals surface area contributed by atoms with Crippen molar-refractivity contribution in [1.29, 1.82) is 0 Å². The maximum absolute atomic E-state index is 13.0. The van der Waals surface area contributed by atoms with Crippen molar-refractivity contribution in [1.82, 2.24) is 0 Å². The number of nitro benzene ring substituents is 1. The Morgan fingerprint density at radius 2 is 1.86 bits per heavy atom. The topological polar surface area (TPSA) is 102 Å². The maximum atomic E-state index is 13.0. The van der Waals surface area contributed by atoms with Crippen LogP contribution in [0.2, 0.25) is 0 Å². The van der Waals surface area contributed by atoms with Gasteiger partial charge < -0.3 is 15.2 Å². The molecule has 0 spiro atoms. The lowest BCUT2D eigenvalue weighted by atomic mass is 10.1. The Morgan fingerprint density at radius 1 is 1.25 bits per heavy atom. The van der Waals surface area contributed by atoms with Gasteiger partial charge in [0.1, 0.15) is 17.9 Å². The number of amides is 1. The Labute approximate surface area is 170 Å². The number of nitrogens with zero attached hydrogens (tertiary/aromatic N) is 1. The van der Waals surface area contributed by atoms with Gasteiger partial charge in [-0.1, -0.05) is 0 Å². The molecule has 0 aliphatic heterocycles. The lowest BCUT2D eigenvalue weighted by Crippen LogP contribution is -2.45. The molecule has 0 saturated heterocycles. The molecule has 150 valence electrons. The summed E-state index contributed by atoms with van der Waals surface area (Å²) in [6.07, 6.45) is -4.99. The van der Waals surface area contributed by atoms with Gasteiger partial charge in [0.05, 0.1) is 4.92 Å². The largest absolute Gasteiger partial charge is 0.490 e. The molecule has 0 aliphatic rings. The van der Waals surface area contributed by atoms with E-state index >= 15 is 0 Å². The number of hydrogen-bond acceptors (Lipinski definition) is 5. The number of ether oxygens (including phenoxy) is 1. The molecule has 0 saturated carbocycles. The summed E-state index contributed by atoms with van der Waals surface area (Å²) in [7, 11) is 0. The number of alkyl halides is 3. The second-order valence-corrected chi connectivity index (χ2v) is 7.20. The molecule has 0 unspecified atom stereocenters. The number of hydrogen-bond donors (Lipinski definition) is 2. The third-order valence-corrected chi connectivity index (χ3v) is 4.30. The van der Waals surface area contributed by atoms with Gasteiger partial charge in [-0.3, -0.25) is 14.9 Å². The highest BCUT2D eigenvalue weighted by molar-refractivity contribution is 14.1. The molecular weight excluding hydrogens is 492 g/mol. The summed E-state index contributed by atoms with van der Waals surface area (Å²) in [5, 5.41) is 23.1. The van der Waals surface area contributed by atoms with Gasteiger partial charge in [-0.15, -0.1) is 0 Å². The molecular formula is C17H14F3IN2O5. The van der Waals surface area contributed by atoms with Gasteiger partial charge in [0.15, 0.2) is 5.60 Å². The van der Waals surface area contributed by atoms with Crippen LogP contribution in [0.4, 0.5) is 24.5 Å². The van der Waals surface area contributed by atoms with E-state index in [9.17, 15) is 33.2 Å². The van der Waals surface area contributed by atoms with Crippen molar-refractivity contribution in [3.8, 4) is 5.75 Å². The summed E-state index contributed by atoms with van der Waals surface area (Å²) in [5.74, 6) is -0.636. The molecule has 1 amide bonds. The number of anilines is 1. The van der Waals surface area contributed by atoms with Crippen molar-refractivity contribution in [3.63, 3.8) is 0 Å². The predicted octanol–water partition coefficient (Wildman–Crippen LogP) is 3.99. The fourth-order valence-electron chi connectivity index (χ4n) is 2.09. The highest BCUT2D eigenvalue weighted by Gasteiger charge is 2.39. The van der Waals surface area contributed by atoms with Gasteiger partial charge in [-0.05, 0) is 65.9 Å². The number of benzene rings is 2. The normalized spacial score (nSPS) is 13.5. The third-order valence-electron chi connectivity index (χ3n) is 3.58. The molecule has 0 fully saturated rings. The highest BCUT2D eigenvalue weighted by atomic mass is 123. The second-order valence-electron chi connectivity index (χ2n) is 5.96. The summed E-state index contributed by atoms with van der Waals surface area (Å²) < 4.78 is 45.3. The van der Waals surface area contributed by atoms with Crippen LogP contribution in [0.3, 0.4) is 0 Å². The molecule has 1 atom stereocenters. The van der Waals surface area contributed by atoms with Gasteiger partial charge >= 0.3 is 6.18 Å². The van der Waals surface area contributed by atoms with E-state index in [2.05, 4.69) is 27.9 Å². The van der Waals surface area contributed by atoms with Gasteiger partial charge in [0, 0.05) is 15.3 Å². The molecule has 2 aromatic rings. The first-order valence-electron chi connectivity index (χ1n) is 7.68. The van der Waals surface area contributed by atoms with Gasteiger partial charge in [-0.25, -0.2) is 0 Å². The Morgan fingerprint density at radius 3 is 2.39 bits per heavy atom. The molecule has 0 heterocycles. The van der Waals surface area contributed by atoms with Gasteiger partial charge in [0.2, 0.25) is 0 Å². The van der Waals surface area contributed by atoms with E-state index in [1.54, 1.807) is 24.3 Å². The maximum Gasteiger partial charge on any atom is 0.423 e. The van der Waals surface area contributed by atoms with E-state index in [0.717, 1.165) is 16.6 Å². The zero-order valence-electron chi connectivity index (χ0n) is 14.3. The minimum absolute atomic E-state index is 0.350. The van der Waals surface area contributed by atoms with Crippen LogP contribution in [0.15, 0.2) is 42.5 Å². The van der Waals surface area contributed by atoms with E-state index in [0.29, 0.717) is 17.9 Å². The van der Waals surface area contributed by atoms with E-state index in [1.165, 1.54) is 0 Å². The molecule has 2 rings (SSSR count). The first kappa shape index (κ1) is 21.9.